The molecule has 9 heteroatoms. The molecule has 4 fully saturated rings. The Kier molecular flexibility index (Phi) is 12.0. The molecule has 48 heavy (non-hydrogen) atoms. The molecule has 0 amide bonds. The van der Waals surface area contributed by atoms with Crippen LogP contribution in [-0.2, 0) is 38.1 Å². The minimum Gasteiger partial charge on any atom is -0.463 e. The Hall–Kier alpha value is -1.97. The maximum Gasteiger partial charge on any atom is 0.303 e. The summed E-state index contributed by atoms with van der Waals surface area (Å²) in [4.78, 5) is 35.6. The summed E-state index contributed by atoms with van der Waals surface area (Å²) < 4.78 is 28.6. The van der Waals surface area contributed by atoms with Gasteiger partial charge in [-0.05, 0) is 97.7 Å². The molecule has 5 aliphatic rings. The van der Waals surface area contributed by atoms with E-state index in [0.717, 1.165) is 67.1 Å². The van der Waals surface area contributed by atoms with E-state index in [0.29, 0.717) is 5.92 Å². The maximum atomic E-state index is 12.0. The summed E-state index contributed by atoms with van der Waals surface area (Å²) in [6, 6.07) is 0. The van der Waals surface area contributed by atoms with E-state index < -0.39 is 48.6 Å². The van der Waals surface area contributed by atoms with Gasteiger partial charge in [0.15, 0.2) is 18.5 Å². The first-order chi connectivity index (χ1) is 22.7. The summed E-state index contributed by atoms with van der Waals surface area (Å²) in [6.07, 6.45) is 8.23. The second-order valence-corrected chi connectivity index (χ2v) is 16.6. The summed E-state index contributed by atoms with van der Waals surface area (Å²) in [7, 11) is 0. The molecule has 4 aliphatic carbocycles. The Morgan fingerprint density at radius 1 is 0.979 bits per heavy atom. The van der Waals surface area contributed by atoms with E-state index in [1.54, 1.807) is 0 Å². The topological polar surface area (TPSA) is 118 Å². The molecule has 0 radical (unpaired) electrons. The fraction of sp³-hybridized carbons (Fsp3) is 0.872. The molecule has 7 unspecified atom stereocenters. The molecular formula is C39H62O9. The van der Waals surface area contributed by atoms with Crippen LogP contribution in [0.15, 0.2) is 11.6 Å². The molecule has 0 aromatic rings. The standard InChI is InChI=1S/C39H62O9/c1-21(2)10-9-11-22(3)29-14-15-31-30-13-12-27-19-28(16-17-39(27,8)32(30)18-23(4)34(29)31)47-38-35(43)37(46-26(7)42)36(45-25(6)41)33(48-38)20-44-24(5)40/h12,21-23,28-38,43H,9-11,13-20H2,1-8H3/t22-,23-,28?,29-,30?,31?,32?,33?,34?,35?,36-,37-,38+,39+/m1/s1. The number of hydrogen-bond acceptors (Lipinski definition) is 9. The molecule has 5 rings (SSSR count). The van der Waals surface area contributed by atoms with Crippen molar-refractivity contribution in [3.63, 3.8) is 0 Å². The fourth-order valence-electron chi connectivity index (χ4n) is 10.8. The van der Waals surface area contributed by atoms with E-state index in [1.807, 2.05) is 0 Å². The summed E-state index contributed by atoms with van der Waals surface area (Å²) in [5.41, 5.74) is 1.59. The SMILES string of the molecule is CC(=O)OCC1O[C@H](OC2CC[C@@]3(C)C(=CCC4C5CC[C@H]([C@H](C)CCCC(C)C)C5[C@H](C)CC43)C2)C(O)[C@@H](OC(C)=O)[C@@H]1OC(C)=O. The van der Waals surface area contributed by atoms with Gasteiger partial charge in [0.1, 0.15) is 18.8 Å². The van der Waals surface area contributed by atoms with E-state index in [1.165, 1.54) is 64.9 Å². The second-order valence-electron chi connectivity index (χ2n) is 16.6. The van der Waals surface area contributed by atoms with E-state index in [9.17, 15) is 19.5 Å². The molecule has 0 aromatic carbocycles. The third-order valence-corrected chi connectivity index (χ3v) is 13.0. The predicted octanol–water partition coefficient (Wildman–Crippen LogP) is 6.78. The molecule has 1 aliphatic heterocycles. The van der Waals surface area contributed by atoms with Crippen LogP contribution in [0.4, 0.5) is 0 Å². The summed E-state index contributed by atoms with van der Waals surface area (Å²) in [5.74, 6) is 4.49. The number of fused-ring (bicyclic) bond motifs is 5. The first-order valence-electron chi connectivity index (χ1n) is 18.9. The number of rotatable bonds is 11. The van der Waals surface area contributed by atoms with Crippen molar-refractivity contribution in [2.45, 2.75) is 156 Å². The zero-order valence-electron chi connectivity index (χ0n) is 30.7. The lowest BCUT2D eigenvalue weighted by Gasteiger charge is -2.57. The van der Waals surface area contributed by atoms with Gasteiger partial charge >= 0.3 is 17.9 Å². The van der Waals surface area contributed by atoms with E-state index in [2.05, 4.69) is 40.7 Å². The lowest BCUT2D eigenvalue weighted by Crippen LogP contribution is -2.62. The number of esters is 3. The van der Waals surface area contributed by atoms with Gasteiger partial charge in [0.05, 0.1) is 6.10 Å². The average Bonchev–Trinajstić information content (AvgIpc) is 3.46. The van der Waals surface area contributed by atoms with Crippen molar-refractivity contribution in [1.29, 1.82) is 0 Å². The van der Waals surface area contributed by atoms with Crippen LogP contribution in [0.1, 0.15) is 120 Å². The quantitative estimate of drug-likeness (QED) is 0.144. The maximum absolute atomic E-state index is 12.0. The van der Waals surface area contributed by atoms with Gasteiger partial charge in [-0.1, -0.05) is 65.5 Å². The predicted molar refractivity (Wildman–Crippen MR) is 180 cm³/mol. The third kappa shape index (κ3) is 7.99. The van der Waals surface area contributed by atoms with Crippen LogP contribution < -0.4 is 0 Å². The van der Waals surface area contributed by atoms with Crippen molar-refractivity contribution in [3.05, 3.63) is 11.6 Å². The molecule has 1 N–H and O–H groups in total. The van der Waals surface area contributed by atoms with Gasteiger partial charge < -0.3 is 28.8 Å². The van der Waals surface area contributed by atoms with Gasteiger partial charge in [-0.2, -0.15) is 0 Å². The number of carbonyl (C=O) groups is 3. The number of carbonyl (C=O) groups excluding carboxylic acids is 3. The molecule has 14 atom stereocenters. The van der Waals surface area contributed by atoms with Gasteiger partial charge in [-0.25, -0.2) is 0 Å². The molecule has 0 aromatic heterocycles. The average molecular weight is 675 g/mol. The minimum atomic E-state index is -1.40. The van der Waals surface area contributed by atoms with E-state index >= 15 is 0 Å². The first-order valence-corrected chi connectivity index (χ1v) is 18.9. The van der Waals surface area contributed by atoms with Gasteiger partial charge in [0.25, 0.3) is 0 Å². The van der Waals surface area contributed by atoms with Crippen LogP contribution in [0, 0.1) is 52.8 Å². The number of ether oxygens (including phenoxy) is 5. The third-order valence-electron chi connectivity index (χ3n) is 13.0. The van der Waals surface area contributed by atoms with Gasteiger partial charge in [0, 0.05) is 20.8 Å². The first kappa shape index (κ1) is 37.3. The van der Waals surface area contributed by atoms with Crippen LogP contribution in [0.2, 0.25) is 0 Å². The van der Waals surface area contributed by atoms with Crippen LogP contribution in [0.25, 0.3) is 0 Å². The van der Waals surface area contributed by atoms with Crippen molar-refractivity contribution < 1.29 is 43.2 Å². The highest BCUT2D eigenvalue weighted by atomic mass is 16.7. The highest BCUT2D eigenvalue weighted by Gasteiger charge is 2.57. The summed E-state index contributed by atoms with van der Waals surface area (Å²) in [6.45, 7) is 15.7. The van der Waals surface area contributed by atoms with Gasteiger partial charge in [-0.3, -0.25) is 14.4 Å². The van der Waals surface area contributed by atoms with E-state index in [-0.39, 0.29) is 18.1 Å². The Morgan fingerprint density at radius 3 is 2.35 bits per heavy atom. The fourth-order valence-corrected chi connectivity index (χ4v) is 10.8. The zero-order chi connectivity index (χ0) is 34.9. The Morgan fingerprint density at radius 2 is 1.69 bits per heavy atom. The highest BCUT2D eigenvalue weighted by molar-refractivity contribution is 5.68. The van der Waals surface area contributed by atoms with Crippen molar-refractivity contribution in [3.8, 4) is 0 Å². The number of hydrogen-bond donors (Lipinski definition) is 1. The van der Waals surface area contributed by atoms with E-state index in [4.69, 9.17) is 23.7 Å². The summed E-state index contributed by atoms with van der Waals surface area (Å²) >= 11 is 0. The van der Waals surface area contributed by atoms with Gasteiger partial charge in [0.2, 0.25) is 0 Å². The second kappa shape index (κ2) is 15.5. The minimum absolute atomic E-state index is 0.133. The number of aliphatic hydroxyl groups is 1. The Bertz CT molecular complexity index is 1180. The van der Waals surface area contributed by atoms with Crippen LogP contribution in [0.5, 0.6) is 0 Å². The van der Waals surface area contributed by atoms with Crippen molar-refractivity contribution in [2.24, 2.45) is 52.8 Å². The molecule has 1 heterocycles. The lowest BCUT2D eigenvalue weighted by molar-refractivity contribution is -0.316. The Labute approximate surface area is 288 Å². The highest BCUT2D eigenvalue weighted by Crippen LogP contribution is 2.64. The summed E-state index contributed by atoms with van der Waals surface area (Å²) in [5, 5.41) is 11.3. The van der Waals surface area contributed by atoms with Crippen LogP contribution in [-0.4, -0.2) is 66.4 Å². The largest absolute Gasteiger partial charge is 0.463 e. The zero-order valence-corrected chi connectivity index (χ0v) is 30.7. The molecule has 0 spiro atoms. The molecule has 9 nitrogen and oxygen atoms in total. The number of allylic oxidation sites excluding steroid dienone is 1. The monoisotopic (exact) mass is 674 g/mol. The molecule has 272 valence electrons. The van der Waals surface area contributed by atoms with Crippen molar-refractivity contribution in [1.82, 2.24) is 0 Å². The van der Waals surface area contributed by atoms with Gasteiger partial charge in [-0.15, -0.1) is 0 Å². The number of aliphatic hydroxyl groups excluding tert-OH is 1. The van der Waals surface area contributed by atoms with Crippen LogP contribution in [0.3, 0.4) is 0 Å². The van der Waals surface area contributed by atoms with Crippen molar-refractivity contribution >= 4 is 17.9 Å². The molecular weight excluding hydrogens is 612 g/mol. The Balaban J connectivity index is 1.27. The molecule has 3 saturated carbocycles. The molecule has 1 saturated heterocycles. The van der Waals surface area contributed by atoms with Crippen LogP contribution >= 0.6 is 0 Å². The normalized spacial score (nSPS) is 41.3. The molecule has 0 bridgehead atoms. The lowest BCUT2D eigenvalue weighted by atomic mass is 9.48. The van der Waals surface area contributed by atoms with Crippen molar-refractivity contribution in [2.75, 3.05) is 6.61 Å². The smallest absolute Gasteiger partial charge is 0.303 e.